The summed E-state index contributed by atoms with van der Waals surface area (Å²) in [6.45, 7) is 6.44. The average Bonchev–Trinajstić information content (AvgIpc) is 3.15. The highest BCUT2D eigenvalue weighted by Gasteiger charge is 2.19. The lowest BCUT2D eigenvalue weighted by Gasteiger charge is -2.18. The highest BCUT2D eigenvalue weighted by molar-refractivity contribution is 5.71. The van der Waals surface area contributed by atoms with Crippen LogP contribution in [0, 0.1) is 0 Å². The minimum absolute atomic E-state index is 0.0842. The number of esters is 3. The van der Waals surface area contributed by atoms with Crippen LogP contribution in [0.15, 0.2) is 48.6 Å². The molecule has 0 saturated carbocycles. The predicted molar refractivity (Wildman–Crippen MR) is 224 cm³/mol. The summed E-state index contributed by atoms with van der Waals surface area (Å²) in [7, 11) is 0. The van der Waals surface area contributed by atoms with Gasteiger partial charge in [-0.1, -0.05) is 185 Å². The topological polar surface area (TPSA) is 78.9 Å². The van der Waals surface area contributed by atoms with E-state index in [1.165, 1.54) is 89.9 Å². The van der Waals surface area contributed by atoms with Crippen molar-refractivity contribution in [3.63, 3.8) is 0 Å². The molecule has 0 heterocycles. The van der Waals surface area contributed by atoms with E-state index >= 15 is 0 Å². The van der Waals surface area contributed by atoms with E-state index in [1.54, 1.807) is 0 Å². The summed E-state index contributed by atoms with van der Waals surface area (Å²) < 4.78 is 16.6. The number of rotatable bonds is 39. The molecule has 0 saturated heterocycles. The summed E-state index contributed by atoms with van der Waals surface area (Å²) >= 11 is 0. The van der Waals surface area contributed by atoms with Gasteiger partial charge in [-0.25, -0.2) is 0 Å². The van der Waals surface area contributed by atoms with Crippen LogP contribution in [0.3, 0.4) is 0 Å². The number of carbonyl (C=O) groups excluding carboxylic acids is 3. The molecule has 0 aliphatic rings. The predicted octanol–water partition coefficient (Wildman–Crippen LogP) is 14.0. The lowest BCUT2D eigenvalue weighted by Crippen LogP contribution is -2.30. The Bertz CT molecular complexity index is 949. The smallest absolute Gasteiger partial charge is 0.306 e. The Hall–Kier alpha value is -2.63. The lowest BCUT2D eigenvalue weighted by molar-refractivity contribution is -0.167. The van der Waals surface area contributed by atoms with E-state index in [-0.39, 0.29) is 31.1 Å². The van der Waals surface area contributed by atoms with Gasteiger partial charge in [-0.15, -0.1) is 0 Å². The lowest BCUT2D eigenvalue weighted by atomic mass is 10.0. The van der Waals surface area contributed by atoms with Crippen LogP contribution < -0.4 is 0 Å². The fourth-order valence-electron chi connectivity index (χ4n) is 6.02. The molecular formula is C47H82O6. The van der Waals surface area contributed by atoms with E-state index in [4.69, 9.17) is 14.2 Å². The third kappa shape index (κ3) is 40.4. The zero-order valence-electron chi connectivity index (χ0n) is 34.8. The Balaban J connectivity index is 4.40. The maximum atomic E-state index is 12.7. The molecule has 0 radical (unpaired) electrons. The second-order valence-corrected chi connectivity index (χ2v) is 14.6. The normalized spacial score (nSPS) is 12.4. The van der Waals surface area contributed by atoms with Crippen LogP contribution in [0.5, 0.6) is 0 Å². The first kappa shape index (κ1) is 50.4. The van der Waals surface area contributed by atoms with Gasteiger partial charge in [-0.3, -0.25) is 14.4 Å². The first-order chi connectivity index (χ1) is 26.0. The van der Waals surface area contributed by atoms with Crippen LogP contribution >= 0.6 is 0 Å². The third-order valence-corrected chi connectivity index (χ3v) is 9.35. The molecule has 0 aromatic heterocycles. The summed E-state index contributed by atoms with van der Waals surface area (Å²) in [6, 6.07) is 0. The zero-order valence-corrected chi connectivity index (χ0v) is 34.8. The fourth-order valence-corrected chi connectivity index (χ4v) is 6.02. The third-order valence-electron chi connectivity index (χ3n) is 9.35. The maximum absolute atomic E-state index is 12.7. The van der Waals surface area contributed by atoms with Crippen molar-refractivity contribution in [2.45, 2.75) is 219 Å². The van der Waals surface area contributed by atoms with Crippen LogP contribution in [0.2, 0.25) is 0 Å². The Morgan fingerprint density at radius 3 is 1.15 bits per heavy atom. The Morgan fingerprint density at radius 1 is 0.396 bits per heavy atom. The highest BCUT2D eigenvalue weighted by atomic mass is 16.6. The van der Waals surface area contributed by atoms with Crippen molar-refractivity contribution in [3.05, 3.63) is 48.6 Å². The second-order valence-electron chi connectivity index (χ2n) is 14.6. The van der Waals surface area contributed by atoms with Gasteiger partial charge in [-0.2, -0.15) is 0 Å². The van der Waals surface area contributed by atoms with Gasteiger partial charge in [0.05, 0.1) is 0 Å². The molecule has 1 unspecified atom stereocenters. The molecule has 0 aromatic carbocycles. The van der Waals surface area contributed by atoms with Crippen LogP contribution in [0.25, 0.3) is 0 Å². The van der Waals surface area contributed by atoms with Gasteiger partial charge in [-0.05, 0) is 57.8 Å². The number of allylic oxidation sites excluding steroid dienone is 8. The van der Waals surface area contributed by atoms with Gasteiger partial charge in [0, 0.05) is 19.3 Å². The van der Waals surface area contributed by atoms with Crippen molar-refractivity contribution in [2.75, 3.05) is 13.2 Å². The molecule has 0 spiro atoms. The van der Waals surface area contributed by atoms with Crippen molar-refractivity contribution in [1.29, 1.82) is 0 Å². The first-order valence-corrected chi connectivity index (χ1v) is 22.1. The Morgan fingerprint density at radius 2 is 0.736 bits per heavy atom. The van der Waals surface area contributed by atoms with Crippen LogP contribution in [-0.2, 0) is 28.6 Å². The van der Waals surface area contributed by atoms with E-state index in [9.17, 15) is 14.4 Å². The van der Waals surface area contributed by atoms with E-state index < -0.39 is 6.10 Å². The monoisotopic (exact) mass is 743 g/mol. The van der Waals surface area contributed by atoms with Gasteiger partial charge in [0.2, 0.25) is 0 Å². The summed E-state index contributed by atoms with van der Waals surface area (Å²) in [4.78, 5) is 37.6. The van der Waals surface area contributed by atoms with E-state index in [1.807, 2.05) is 0 Å². The Labute approximate surface area is 327 Å². The quantitative estimate of drug-likeness (QED) is 0.0270. The van der Waals surface area contributed by atoms with Crippen LogP contribution in [-0.4, -0.2) is 37.2 Å². The van der Waals surface area contributed by atoms with Crippen molar-refractivity contribution in [1.82, 2.24) is 0 Å². The minimum Gasteiger partial charge on any atom is -0.462 e. The molecule has 1 atom stereocenters. The van der Waals surface area contributed by atoms with Crippen LogP contribution in [0.1, 0.15) is 213 Å². The van der Waals surface area contributed by atoms with E-state index in [0.29, 0.717) is 19.3 Å². The van der Waals surface area contributed by atoms with E-state index in [0.717, 1.165) is 83.5 Å². The molecule has 0 aliphatic heterocycles. The van der Waals surface area contributed by atoms with Crippen molar-refractivity contribution in [3.8, 4) is 0 Å². The van der Waals surface area contributed by atoms with Crippen molar-refractivity contribution < 1.29 is 28.6 Å². The molecule has 0 amide bonds. The second kappa shape index (κ2) is 42.1. The number of unbranched alkanes of at least 4 members (excludes halogenated alkanes) is 20. The molecule has 0 fully saturated rings. The van der Waals surface area contributed by atoms with E-state index in [2.05, 4.69) is 69.4 Å². The van der Waals surface area contributed by atoms with Gasteiger partial charge in [0.15, 0.2) is 6.10 Å². The Kier molecular flexibility index (Phi) is 40.0. The summed E-state index contributed by atoms with van der Waals surface area (Å²) in [5.74, 6) is -0.933. The summed E-state index contributed by atoms with van der Waals surface area (Å²) in [5, 5.41) is 0. The number of carbonyl (C=O) groups is 3. The number of ether oxygens (including phenoxy) is 3. The fraction of sp³-hybridized carbons (Fsp3) is 0.766. The standard InChI is InChI=1S/C47H82O6/c1-4-7-10-13-16-19-21-23-24-25-27-28-31-34-37-40-46(49)52-43-44(42-51-45(48)39-36-33-30-18-15-12-9-6-3)53-47(50)41-38-35-32-29-26-22-20-17-14-11-8-5-2/h7,10,16,19,23-24,27-28,44H,4-6,8-9,11-15,17-18,20-22,25-26,29-43H2,1-3H3/b10-7-,19-16-,24-23-,28-27-. The number of hydrogen-bond donors (Lipinski definition) is 0. The minimum atomic E-state index is -0.782. The van der Waals surface area contributed by atoms with Gasteiger partial charge in [0.1, 0.15) is 13.2 Å². The van der Waals surface area contributed by atoms with Crippen molar-refractivity contribution >= 4 is 17.9 Å². The van der Waals surface area contributed by atoms with Gasteiger partial charge >= 0.3 is 17.9 Å². The largest absolute Gasteiger partial charge is 0.462 e. The summed E-state index contributed by atoms with van der Waals surface area (Å²) in [6.07, 6.45) is 48.1. The molecular weight excluding hydrogens is 661 g/mol. The SMILES string of the molecule is CC/C=C\C/C=C\C/C=C\C/C=C\CCCCC(=O)OCC(COC(=O)CCCCCCCCCC)OC(=O)CCCCCCCCCCCCCC. The summed E-state index contributed by atoms with van der Waals surface area (Å²) in [5.41, 5.74) is 0. The molecule has 0 aromatic rings. The molecule has 0 N–H and O–H groups in total. The first-order valence-electron chi connectivity index (χ1n) is 22.1. The molecule has 306 valence electrons. The van der Waals surface area contributed by atoms with Gasteiger partial charge < -0.3 is 14.2 Å². The van der Waals surface area contributed by atoms with Gasteiger partial charge in [0.25, 0.3) is 0 Å². The average molecular weight is 743 g/mol. The molecule has 6 heteroatoms. The highest BCUT2D eigenvalue weighted by Crippen LogP contribution is 2.14. The zero-order chi connectivity index (χ0) is 38.7. The number of hydrogen-bond acceptors (Lipinski definition) is 6. The molecule has 0 rings (SSSR count). The molecule has 0 bridgehead atoms. The molecule has 6 nitrogen and oxygen atoms in total. The maximum Gasteiger partial charge on any atom is 0.306 e. The van der Waals surface area contributed by atoms with Crippen molar-refractivity contribution in [2.24, 2.45) is 0 Å². The van der Waals surface area contributed by atoms with Crippen LogP contribution in [0.4, 0.5) is 0 Å². The molecule has 0 aliphatic carbocycles. The molecule has 53 heavy (non-hydrogen) atoms.